The van der Waals surface area contributed by atoms with Crippen molar-refractivity contribution in [2.45, 2.75) is 53.0 Å². The lowest BCUT2D eigenvalue weighted by Crippen LogP contribution is -2.39. The quantitative estimate of drug-likeness (QED) is 0.784. The molecule has 1 rings (SSSR count). The molecule has 0 bridgehead atoms. The third-order valence-electron chi connectivity index (χ3n) is 3.47. The average Bonchev–Trinajstić information content (AvgIpc) is 2.27. The van der Waals surface area contributed by atoms with Gasteiger partial charge in [-0.3, -0.25) is 4.79 Å². The molecule has 0 aromatic carbocycles. The highest BCUT2D eigenvalue weighted by atomic mass is 16.5. The van der Waals surface area contributed by atoms with Crippen molar-refractivity contribution in [2.24, 2.45) is 5.41 Å². The summed E-state index contributed by atoms with van der Waals surface area (Å²) in [5.41, 5.74) is 0.784. The summed E-state index contributed by atoms with van der Waals surface area (Å²) < 4.78 is 5.19. The van der Waals surface area contributed by atoms with E-state index in [1.807, 2.05) is 13.8 Å². The summed E-state index contributed by atoms with van der Waals surface area (Å²) in [6.45, 7) is 7.56. The molecule has 0 aromatic heterocycles. The third-order valence-corrected chi connectivity index (χ3v) is 3.47. The second-order valence-corrected chi connectivity index (χ2v) is 5.47. The number of carbonyl (C=O) groups is 2. The molecule has 1 atom stereocenters. The molecule has 1 amide bonds. The van der Waals surface area contributed by atoms with E-state index in [2.05, 4.69) is 18.3 Å². The second-order valence-electron chi connectivity index (χ2n) is 5.47. The molecule has 4 heteroatoms. The van der Waals surface area contributed by atoms with Gasteiger partial charge in [0.1, 0.15) is 12.4 Å². The van der Waals surface area contributed by atoms with Gasteiger partial charge in [-0.15, -0.1) is 0 Å². The summed E-state index contributed by atoms with van der Waals surface area (Å²) in [6.07, 6.45) is 3.96. The summed E-state index contributed by atoms with van der Waals surface area (Å²) in [4.78, 5) is 23.3. The molecular weight excluding hydrogens is 230 g/mol. The first kappa shape index (κ1) is 14.7. The van der Waals surface area contributed by atoms with Crippen LogP contribution in [0.2, 0.25) is 0 Å². The van der Waals surface area contributed by atoms with Crippen molar-refractivity contribution in [1.29, 1.82) is 0 Å². The van der Waals surface area contributed by atoms with Gasteiger partial charge in [0.15, 0.2) is 0 Å². The number of amides is 1. The van der Waals surface area contributed by atoms with Gasteiger partial charge in [0.2, 0.25) is 0 Å². The van der Waals surface area contributed by atoms with E-state index in [9.17, 15) is 9.59 Å². The van der Waals surface area contributed by atoms with Crippen molar-refractivity contribution in [3.05, 3.63) is 11.6 Å². The first-order valence-corrected chi connectivity index (χ1v) is 6.46. The Morgan fingerprint density at radius 2 is 2.17 bits per heavy atom. The van der Waals surface area contributed by atoms with Crippen LogP contribution in [0, 0.1) is 5.41 Å². The first-order valence-electron chi connectivity index (χ1n) is 6.46. The standard InChI is InChI=1S/C14H23NO3/c1-10(2)15-13(17)18-9-14(12(4)16)7-5-11(3)6-8-14/h5,10H,6-9H2,1-4H3,(H,15,17). The van der Waals surface area contributed by atoms with E-state index in [0.717, 1.165) is 12.8 Å². The van der Waals surface area contributed by atoms with Gasteiger partial charge in [-0.05, 0) is 47.0 Å². The maximum atomic E-state index is 11.8. The molecule has 0 fully saturated rings. The van der Waals surface area contributed by atoms with Gasteiger partial charge in [0.05, 0.1) is 5.41 Å². The SMILES string of the molecule is CC(=O)C1(COC(=O)NC(C)C)CC=C(C)CC1. The van der Waals surface area contributed by atoms with Crippen LogP contribution in [0.3, 0.4) is 0 Å². The molecule has 0 radical (unpaired) electrons. The van der Waals surface area contributed by atoms with Gasteiger partial charge in [-0.2, -0.15) is 0 Å². The van der Waals surface area contributed by atoms with Crippen LogP contribution in [0.1, 0.15) is 47.0 Å². The lowest BCUT2D eigenvalue weighted by Gasteiger charge is -2.33. The summed E-state index contributed by atoms with van der Waals surface area (Å²) in [6, 6.07) is 0.0410. The summed E-state index contributed by atoms with van der Waals surface area (Å²) in [5, 5.41) is 2.66. The van der Waals surface area contributed by atoms with Crippen molar-refractivity contribution >= 4 is 11.9 Å². The van der Waals surface area contributed by atoms with Crippen LogP contribution in [-0.4, -0.2) is 24.5 Å². The molecule has 0 saturated heterocycles. The Morgan fingerprint density at radius 1 is 1.50 bits per heavy atom. The van der Waals surface area contributed by atoms with Gasteiger partial charge in [0.25, 0.3) is 0 Å². The van der Waals surface area contributed by atoms with Crippen LogP contribution in [0.4, 0.5) is 4.79 Å². The zero-order valence-electron chi connectivity index (χ0n) is 11.7. The maximum absolute atomic E-state index is 11.8. The zero-order valence-corrected chi connectivity index (χ0v) is 11.7. The Kier molecular flexibility index (Phi) is 4.93. The highest BCUT2D eigenvalue weighted by Gasteiger charge is 2.37. The van der Waals surface area contributed by atoms with Gasteiger partial charge in [0, 0.05) is 6.04 Å². The lowest BCUT2D eigenvalue weighted by molar-refractivity contribution is -0.129. The minimum atomic E-state index is -0.520. The van der Waals surface area contributed by atoms with E-state index < -0.39 is 11.5 Å². The monoisotopic (exact) mass is 253 g/mol. The van der Waals surface area contributed by atoms with Crippen LogP contribution >= 0.6 is 0 Å². The normalized spacial score (nSPS) is 23.5. The molecule has 1 unspecified atom stereocenters. The fourth-order valence-electron chi connectivity index (χ4n) is 2.04. The molecule has 0 saturated carbocycles. The number of hydrogen-bond acceptors (Lipinski definition) is 3. The zero-order chi connectivity index (χ0) is 13.8. The van der Waals surface area contributed by atoms with Gasteiger partial charge in [-0.1, -0.05) is 11.6 Å². The Morgan fingerprint density at radius 3 is 2.61 bits per heavy atom. The van der Waals surface area contributed by atoms with Crippen LogP contribution in [0.15, 0.2) is 11.6 Å². The van der Waals surface area contributed by atoms with Crippen LogP contribution in [0.5, 0.6) is 0 Å². The molecule has 4 nitrogen and oxygen atoms in total. The van der Waals surface area contributed by atoms with Crippen LogP contribution < -0.4 is 5.32 Å². The van der Waals surface area contributed by atoms with E-state index >= 15 is 0 Å². The average molecular weight is 253 g/mol. The number of ether oxygens (including phenoxy) is 1. The summed E-state index contributed by atoms with van der Waals surface area (Å²) >= 11 is 0. The highest BCUT2D eigenvalue weighted by Crippen LogP contribution is 2.36. The van der Waals surface area contributed by atoms with E-state index in [4.69, 9.17) is 4.74 Å². The molecule has 0 aromatic rings. The van der Waals surface area contributed by atoms with Crippen molar-refractivity contribution in [3.63, 3.8) is 0 Å². The minimum absolute atomic E-state index is 0.0410. The second kappa shape index (κ2) is 6.03. The number of Topliss-reactive ketones (excluding diaryl/α,β-unsaturated/α-hetero) is 1. The van der Waals surface area contributed by atoms with Gasteiger partial charge >= 0.3 is 6.09 Å². The Balaban J connectivity index is 2.60. The molecular formula is C14H23NO3. The number of hydrogen-bond donors (Lipinski definition) is 1. The number of ketones is 1. The van der Waals surface area contributed by atoms with Gasteiger partial charge < -0.3 is 10.1 Å². The minimum Gasteiger partial charge on any atom is -0.448 e. The number of nitrogens with one attached hydrogen (secondary N) is 1. The maximum Gasteiger partial charge on any atom is 0.407 e. The van der Waals surface area contributed by atoms with Crippen molar-refractivity contribution in [1.82, 2.24) is 5.32 Å². The fraction of sp³-hybridized carbons (Fsp3) is 0.714. The number of rotatable bonds is 4. The molecule has 0 heterocycles. The van der Waals surface area contributed by atoms with Crippen LogP contribution in [0.25, 0.3) is 0 Å². The summed E-state index contributed by atoms with van der Waals surface area (Å²) in [7, 11) is 0. The molecule has 18 heavy (non-hydrogen) atoms. The van der Waals surface area contributed by atoms with Crippen molar-refractivity contribution in [2.75, 3.05) is 6.61 Å². The van der Waals surface area contributed by atoms with Gasteiger partial charge in [-0.25, -0.2) is 4.79 Å². The first-order chi connectivity index (χ1) is 8.35. The fourth-order valence-corrected chi connectivity index (χ4v) is 2.04. The Labute approximate surface area is 109 Å². The van der Waals surface area contributed by atoms with E-state index in [-0.39, 0.29) is 18.4 Å². The Hall–Kier alpha value is -1.32. The predicted octanol–water partition coefficient (Wildman–Crippen LogP) is 2.83. The summed E-state index contributed by atoms with van der Waals surface area (Å²) in [5.74, 6) is 0.101. The number of allylic oxidation sites excluding steroid dienone is 2. The molecule has 0 aliphatic heterocycles. The number of alkyl carbamates (subject to hydrolysis) is 1. The third kappa shape index (κ3) is 3.86. The number of carbonyl (C=O) groups excluding carboxylic acids is 2. The van der Waals surface area contributed by atoms with E-state index in [1.165, 1.54) is 5.57 Å². The molecule has 1 N–H and O–H groups in total. The lowest BCUT2D eigenvalue weighted by atomic mass is 9.73. The van der Waals surface area contributed by atoms with Crippen molar-refractivity contribution in [3.8, 4) is 0 Å². The molecule has 1 aliphatic rings. The largest absolute Gasteiger partial charge is 0.448 e. The molecule has 0 spiro atoms. The van der Waals surface area contributed by atoms with Crippen molar-refractivity contribution < 1.29 is 14.3 Å². The van der Waals surface area contributed by atoms with E-state index in [0.29, 0.717) is 6.42 Å². The Bertz CT molecular complexity index is 360. The molecule has 1 aliphatic carbocycles. The molecule has 102 valence electrons. The predicted molar refractivity (Wildman–Crippen MR) is 70.3 cm³/mol. The highest BCUT2D eigenvalue weighted by molar-refractivity contribution is 5.83. The van der Waals surface area contributed by atoms with Crippen LogP contribution in [-0.2, 0) is 9.53 Å². The van der Waals surface area contributed by atoms with E-state index in [1.54, 1.807) is 6.92 Å². The topological polar surface area (TPSA) is 55.4 Å². The smallest absolute Gasteiger partial charge is 0.407 e.